The molecule has 1 saturated heterocycles. The van der Waals surface area contributed by atoms with Crippen LogP contribution in [0.5, 0.6) is 0 Å². The number of benzene rings is 1. The van der Waals surface area contributed by atoms with E-state index >= 15 is 0 Å². The van der Waals surface area contributed by atoms with Crippen LogP contribution in [0.1, 0.15) is 30.7 Å². The molecule has 25 heavy (non-hydrogen) atoms. The van der Waals surface area contributed by atoms with Gasteiger partial charge in [0.2, 0.25) is 5.91 Å². The lowest BCUT2D eigenvalue weighted by Crippen LogP contribution is -2.48. The molecule has 1 amide bonds. The van der Waals surface area contributed by atoms with Crippen LogP contribution in [-0.2, 0) is 11.3 Å². The molecule has 2 fully saturated rings. The first kappa shape index (κ1) is 20.4. The predicted molar refractivity (Wildman–Crippen MR) is 108 cm³/mol. The van der Waals surface area contributed by atoms with Crippen LogP contribution in [0.3, 0.4) is 0 Å². The number of nitrogens with one attached hydrogen (secondary N) is 1. The molecule has 0 radical (unpaired) electrons. The van der Waals surface area contributed by atoms with Crippen LogP contribution in [0.25, 0.3) is 10.2 Å². The Kier molecular flexibility index (Phi) is 6.71. The zero-order chi connectivity index (χ0) is 15.9. The number of rotatable bonds is 3. The number of halogens is 2. The van der Waals surface area contributed by atoms with Crippen LogP contribution < -0.4 is 5.32 Å². The second-order valence-electron chi connectivity index (χ2n) is 6.97. The van der Waals surface area contributed by atoms with Crippen LogP contribution in [0, 0.1) is 11.3 Å². The summed E-state index contributed by atoms with van der Waals surface area (Å²) >= 11 is 1.69. The van der Waals surface area contributed by atoms with Crippen LogP contribution in [0.15, 0.2) is 24.3 Å². The van der Waals surface area contributed by atoms with Crippen LogP contribution >= 0.6 is 36.2 Å². The largest absolute Gasteiger partial charge is 0.338 e. The number of para-hydroxylation sites is 1. The predicted octanol–water partition coefficient (Wildman–Crippen LogP) is 3.88. The Morgan fingerprint density at radius 3 is 2.96 bits per heavy atom. The number of amides is 1. The summed E-state index contributed by atoms with van der Waals surface area (Å²) in [6.45, 7) is 2.47. The maximum absolute atomic E-state index is 13.2. The number of fused-ring (bicyclic) bond motifs is 2. The van der Waals surface area contributed by atoms with Gasteiger partial charge in [0.05, 0.1) is 22.2 Å². The first-order chi connectivity index (χ1) is 11.2. The highest BCUT2D eigenvalue weighted by molar-refractivity contribution is 7.18. The normalized spacial score (nSPS) is 24.9. The lowest BCUT2D eigenvalue weighted by molar-refractivity contribution is -0.144. The first-order valence-electron chi connectivity index (χ1n) is 8.50. The quantitative estimate of drug-likeness (QED) is 0.848. The van der Waals surface area contributed by atoms with Crippen molar-refractivity contribution < 1.29 is 4.79 Å². The number of hydrogen-bond acceptors (Lipinski definition) is 4. The molecule has 1 aliphatic carbocycles. The third-order valence-corrected chi connectivity index (χ3v) is 6.54. The molecule has 2 aromatic rings. The molecule has 2 heterocycles. The minimum atomic E-state index is -0.163. The highest BCUT2D eigenvalue weighted by atomic mass is 35.5. The van der Waals surface area contributed by atoms with E-state index in [1.165, 1.54) is 24.0 Å². The molecule has 0 unspecified atom stereocenters. The van der Waals surface area contributed by atoms with Crippen LogP contribution in [0.2, 0.25) is 0 Å². The Morgan fingerprint density at radius 2 is 2.16 bits per heavy atom. The summed E-state index contributed by atoms with van der Waals surface area (Å²) in [6, 6.07) is 8.17. The fourth-order valence-electron chi connectivity index (χ4n) is 4.31. The Bertz CT molecular complexity index is 705. The molecule has 1 N–H and O–H groups in total. The van der Waals surface area contributed by atoms with Crippen molar-refractivity contribution in [2.45, 2.75) is 32.2 Å². The maximum Gasteiger partial charge on any atom is 0.230 e. The van der Waals surface area contributed by atoms with Gasteiger partial charge in [0, 0.05) is 13.6 Å². The smallest absolute Gasteiger partial charge is 0.230 e. The molecule has 7 heteroatoms. The van der Waals surface area contributed by atoms with Gasteiger partial charge in [-0.15, -0.1) is 36.2 Å². The van der Waals surface area contributed by atoms with Gasteiger partial charge in [-0.1, -0.05) is 25.0 Å². The number of hydrogen-bond donors (Lipinski definition) is 1. The second-order valence-corrected chi connectivity index (χ2v) is 8.08. The van der Waals surface area contributed by atoms with Gasteiger partial charge in [0.15, 0.2) is 0 Å². The van der Waals surface area contributed by atoms with Crippen molar-refractivity contribution in [3.05, 3.63) is 29.3 Å². The Labute approximate surface area is 165 Å². The van der Waals surface area contributed by atoms with Crippen molar-refractivity contribution in [2.75, 3.05) is 20.1 Å². The van der Waals surface area contributed by atoms with Gasteiger partial charge >= 0.3 is 0 Å². The van der Waals surface area contributed by atoms with Crippen molar-refractivity contribution in [3.63, 3.8) is 0 Å². The molecular weight excluding hydrogens is 377 g/mol. The molecule has 1 saturated carbocycles. The summed E-state index contributed by atoms with van der Waals surface area (Å²) in [7, 11) is 1.94. The van der Waals surface area contributed by atoms with E-state index in [1.807, 2.05) is 30.1 Å². The van der Waals surface area contributed by atoms with E-state index in [2.05, 4.69) is 16.4 Å². The van der Waals surface area contributed by atoms with E-state index in [9.17, 15) is 4.79 Å². The van der Waals surface area contributed by atoms with E-state index in [0.29, 0.717) is 18.4 Å². The first-order valence-corrected chi connectivity index (χ1v) is 9.31. The van der Waals surface area contributed by atoms with Gasteiger partial charge in [-0.3, -0.25) is 4.79 Å². The number of carbonyl (C=O) groups excluding carboxylic acids is 1. The molecule has 4 rings (SSSR count). The van der Waals surface area contributed by atoms with Crippen molar-refractivity contribution in [1.29, 1.82) is 0 Å². The van der Waals surface area contributed by atoms with Crippen molar-refractivity contribution in [3.8, 4) is 0 Å². The number of thiazole rings is 1. The van der Waals surface area contributed by atoms with Gasteiger partial charge in [-0.2, -0.15) is 0 Å². The second kappa shape index (κ2) is 8.21. The summed E-state index contributed by atoms with van der Waals surface area (Å²) in [5, 5.41) is 4.49. The van der Waals surface area contributed by atoms with E-state index in [1.54, 1.807) is 11.3 Å². The third-order valence-electron chi connectivity index (χ3n) is 5.52. The fraction of sp³-hybridized carbons (Fsp3) is 0.556. The molecule has 138 valence electrons. The fourth-order valence-corrected chi connectivity index (χ4v) is 5.33. The highest BCUT2D eigenvalue weighted by Crippen LogP contribution is 2.45. The van der Waals surface area contributed by atoms with Gasteiger partial charge in [-0.25, -0.2) is 4.98 Å². The standard InChI is InChI=1S/C18H23N3OS.2ClH/c1-21(11-16-20-14-7-2-3-8-15(14)23-16)17(22)18-9-5-4-6-13(18)10-19-12-18;;/h2-3,7-8,13,19H,4-6,9-12H2,1H3;2*1H/t13-,18+;;/m0../s1. The van der Waals surface area contributed by atoms with Gasteiger partial charge in [0.25, 0.3) is 0 Å². The van der Waals surface area contributed by atoms with E-state index in [0.717, 1.165) is 30.0 Å². The van der Waals surface area contributed by atoms with Crippen LogP contribution in [-0.4, -0.2) is 35.9 Å². The van der Waals surface area contributed by atoms with Crippen molar-refractivity contribution in [1.82, 2.24) is 15.2 Å². The summed E-state index contributed by atoms with van der Waals surface area (Å²) in [5.41, 5.74) is 0.869. The number of aromatic nitrogens is 1. The maximum atomic E-state index is 13.2. The third kappa shape index (κ3) is 3.65. The number of carbonyl (C=O) groups is 1. The summed E-state index contributed by atoms with van der Waals surface area (Å²) in [5.74, 6) is 0.827. The summed E-state index contributed by atoms with van der Waals surface area (Å²) in [6.07, 6.45) is 4.67. The van der Waals surface area contributed by atoms with Gasteiger partial charge in [0.1, 0.15) is 5.01 Å². The zero-order valence-electron chi connectivity index (χ0n) is 14.4. The molecule has 1 aromatic carbocycles. The minimum Gasteiger partial charge on any atom is -0.338 e. The summed E-state index contributed by atoms with van der Waals surface area (Å²) in [4.78, 5) is 19.8. The number of nitrogens with zero attached hydrogens (tertiary/aromatic N) is 2. The Morgan fingerprint density at radius 1 is 1.36 bits per heavy atom. The zero-order valence-corrected chi connectivity index (χ0v) is 16.8. The van der Waals surface area contributed by atoms with E-state index in [4.69, 9.17) is 0 Å². The molecule has 0 bridgehead atoms. The molecule has 1 aliphatic heterocycles. The molecule has 2 atom stereocenters. The van der Waals surface area contributed by atoms with Gasteiger partial charge < -0.3 is 10.2 Å². The molecule has 1 aromatic heterocycles. The lowest BCUT2D eigenvalue weighted by atomic mass is 9.67. The average Bonchev–Trinajstić information content (AvgIpc) is 3.17. The molecule has 0 spiro atoms. The van der Waals surface area contributed by atoms with Gasteiger partial charge in [-0.05, 0) is 37.4 Å². The highest BCUT2D eigenvalue weighted by Gasteiger charge is 2.50. The Hall–Kier alpha value is -0.880. The van der Waals surface area contributed by atoms with Crippen molar-refractivity contribution in [2.24, 2.45) is 11.3 Å². The van der Waals surface area contributed by atoms with E-state index in [-0.39, 0.29) is 30.2 Å². The monoisotopic (exact) mass is 401 g/mol. The van der Waals surface area contributed by atoms with Crippen LogP contribution in [0.4, 0.5) is 0 Å². The minimum absolute atomic E-state index is 0. The average molecular weight is 402 g/mol. The Balaban J connectivity index is 0.00000113. The molecular formula is C18H25Cl2N3OS. The topological polar surface area (TPSA) is 45.2 Å². The van der Waals surface area contributed by atoms with E-state index < -0.39 is 0 Å². The lowest BCUT2D eigenvalue weighted by Gasteiger charge is -2.39. The molecule has 2 aliphatic rings. The SMILES string of the molecule is CN(Cc1nc2ccccc2s1)C(=O)[C@@]12CCCC[C@H]1CNC2.Cl.Cl. The van der Waals surface area contributed by atoms with Crippen molar-refractivity contribution >= 4 is 52.3 Å². The molecule has 4 nitrogen and oxygen atoms in total. The summed E-state index contributed by atoms with van der Waals surface area (Å²) < 4.78 is 1.19.